The second kappa shape index (κ2) is 12.0. The number of nitrogen functional groups attached to an aromatic ring is 2. The molecule has 0 aromatic heterocycles. The van der Waals surface area contributed by atoms with Crippen molar-refractivity contribution >= 4 is 65.8 Å². The lowest BCUT2D eigenvalue weighted by atomic mass is 9.60. The highest BCUT2D eigenvalue weighted by molar-refractivity contribution is 6.21. The number of phenols is 2. The number of benzene rings is 6. The highest BCUT2D eigenvalue weighted by Crippen LogP contribution is 2.57. The molecule has 0 heterocycles. The summed E-state index contributed by atoms with van der Waals surface area (Å²) in [4.78, 5) is 4.42. The average molecular weight is 643 g/mol. The van der Waals surface area contributed by atoms with Crippen molar-refractivity contribution in [2.45, 2.75) is 51.7 Å². The zero-order valence-corrected chi connectivity index (χ0v) is 27.8. The zero-order chi connectivity index (χ0) is 34.0. The van der Waals surface area contributed by atoms with Crippen LogP contribution in [0, 0.1) is 0 Å². The molecule has 248 valence electrons. The van der Waals surface area contributed by atoms with Crippen molar-refractivity contribution in [1.29, 1.82) is 0 Å². The third kappa shape index (κ3) is 4.36. The molecule has 48 heavy (non-hydrogen) atoms. The van der Waals surface area contributed by atoms with Gasteiger partial charge in [0.1, 0.15) is 11.5 Å². The van der Waals surface area contributed by atoms with E-state index in [9.17, 15) is 20.4 Å². The van der Waals surface area contributed by atoms with Crippen LogP contribution in [-0.2, 0) is 0 Å². The number of aromatic hydroxyl groups is 2. The predicted octanol–water partition coefficient (Wildman–Crippen LogP) is 5.91. The molecule has 6 aromatic rings. The number of phenolic OH excluding ortho intramolecular Hbond substituents is 2. The van der Waals surface area contributed by atoms with Gasteiger partial charge < -0.3 is 41.7 Å². The van der Waals surface area contributed by atoms with Crippen LogP contribution in [0.4, 0.5) is 22.7 Å². The molecule has 0 amide bonds. The molecular weight excluding hydrogens is 600 g/mol. The van der Waals surface area contributed by atoms with E-state index in [1.54, 1.807) is 24.3 Å². The Hall–Kier alpha value is -4.92. The molecule has 1 aliphatic carbocycles. The molecule has 1 saturated carbocycles. The molecule has 1 aliphatic rings. The first-order valence-electron chi connectivity index (χ1n) is 16.9. The molecule has 0 spiro atoms. The van der Waals surface area contributed by atoms with Gasteiger partial charge in [-0.25, -0.2) is 0 Å². The number of nitrogens with two attached hydrogens (primary N) is 2. The van der Waals surface area contributed by atoms with Crippen LogP contribution in [0.25, 0.3) is 43.1 Å². The second-order valence-corrected chi connectivity index (χ2v) is 12.8. The zero-order valence-electron chi connectivity index (χ0n) is 27.8. The van der Waals surface area contributed by atoms with Crippen molar-refractivity contribution in [2.24, 2.45) is 0 Å². The lowest BCUT2D eigenvalue weighted by molar-refractivity contribution is -0.535. The van der Waals surface area contributed by atoms with E-state index in [1.807, 2.05) is 48.5 Å². The molecular formula is C40H42N4O4-2. The van der Waals surface area contributed by atoms with Crippen LogP contribution in [0.1, 0.15) is 50.7 Å². The van der Waals surface area contributed by atoms with Gasteiger partial charge in [0, 0.05) is 80.6 Å². The minimum Gasteiger partial charge on any atom is -0.851 e. The largest absolute Gasteiger partial charge is 0.851 e. The van der Waals surface area contributed by atoms with Gasteiger partial charge in [-0.3, -0.25) is 0 Å². The monoisotopic (exact) mass is 642 g/mol. The summed E-state index contributed by atoms with van der Waals surface area (Å²) in [5, 5.41) is 58.1. The summed E-state index contributed by atoms with van der Waals surface area (Å²) in [6.45, 7) is 11.2. The van der Waals surface area contributed by atoms with Crippen LogP contribution in [0.2, 0.25) is 0 Å². The number of rotatable bonds is 8. The van der Waals surface area contributed by atoms with Gasteiger partial charge in [0.25, 0.3) is 0 Å². The molecule has 0 bridgehead atoms. The fourth-order valence-corrected chi connectivity index (χ4v) is 8.48. The summed E-state index contributed by atoms with van der Waals surface area (Å²) in [6, 6.07) is 22.0. The molecule has 0 saturated heterocycles. The van der Waals surface area contributed by atoms with E-state index in [1.165, 1.54) is 0 Å². The second-order valence-electron chi connectivity index (χ2n) is 12.8. The van der Waals surface area contributed by atoms with Gasteiger partial charge in [0.15, 0.2) is 0 Å². The third-order valence-corrected chi connectivity index (χ3v) is 10.6. The maximum Gasteiger partial charge on any atom is 0.123 e. The van der Waals surface area contributed by atoms with Gasteiger partial charge in [-0.2, -0.15) is 0 Å². The van der Waals surface area contributed by atoms with Gasteiger partial charge in [-0.05, 0) is 74.9 Å². The van der Waals surface area contributed by atoms with Gasteiger partial charge >= 0.3 is 0 Å². The fourth-order valence-electron chi connectivity index (χ4n) is 8.48. The number of hydrogen-bond donors (Lipinski definition) is 4. The predicted molar refractivity (Wildman–Crippen MR) is 195 cm³/mol. The van der Waals surface area contributed by atoms with Gasteiger partial charge in [-0.1, -0.05) is 48.5 Å². The SMILES string of the molecule is CCN(CC)c1c2cccc(N)c2c(C2C([O-])C(c3c4c(O)cccc4c(N(CC)CC)c4cccc(O)c34)C2[O-])c2c(N)cccc12. The Kier molecular flexibility index (Phi) is 7.89. The van der Waals surface area contributed by atoms with Gasteiger partial charge in [0.05, 0.1) is 11.4 Å². The van der Waals surface area contributed by atoms with Crippen LogP contribution in [-0.4, -0.2) is 48.6 Å². The highest BCUT2D eigenvalue weighted by Gasteiger charge is 2.43. The normalized spacial score (nSPS) is 19.3. The maximum atomic E-state index is 14.9. The van der Waals surface area contributed by atoms with E-state index < -0.39 is 24.0 Å². The Bertz CT molecular complexity index is 1920. The Balaban J connectivity index is 1.53. The van der Waals surface area contributed by atoms with E-state index in [0.29, 0.717) is 57.1 Å². The molecule has 6 N–H and O–H groups in total. The van der Waals surface area contributed by atoms with E-state index in [2.05, 4.69) is 37.5 Å². The quantitative estimate of drug-likeness (QED) is 0.119. The summed E-state index contributed by atoms with van der Waals surface area (Å²) in [5.41, 5.74) is 17.2. The molecule has 2 atom stereocenters. The lowest BCUT2D eigenvalue weighted by Gasteiger charge is -2.62. The van der Waals surface area contributed by atoms with Crippen molar-refractivity contribution in [2.75, 3.05) is 47.4 Å². The van der Waals surface area contributed by atoms with Crippen LogP contribution >= 0.6 is 0 Å². The van der Waals surface area contributed by atoms with Crippen LogP contribution in [0.3, 0.4) is 0 Å². The number of nitrogens with zero attached hydrogens (tertiary/aromatic N) is 2. The molecule has 8 heteroatoms. The lowest BCUT2D eigenvalue weighted by Crippen LogP contribution is -2.63. The van der Waals surface area contributed by atoms with Crippen LogP contribution < -0.4 is 31.5 Å². The first-order valence-corrected chi connectivity index (χ1v) is 16.9. The Morgan fingerprint density at radius 1 is 0.521 bits per heavy atom. The molecule has 7 rings (SSSR count). The molecule has 8 nitrogen and oxygen atoms in total. The van der Waals surface area contributed by atoms with E-state index in [0.717, 1.165) is 46.0 Å². The minimum atomic E-state index is -1.40. The maximum absolute atomic E-state index is 14.9. The topological polar surface area (TPSA) is 145 Å². The minimum absolute atomic E-state index is 0.0307. The third-order valence-electron chi connectivity index (χ3n) is 10.6. The Labute approximate surface area is 280 Å². The van der Waals surface area contributed by atoms with E-state index in [4.69, 9.17) is 11.5 Å². The van der Waals surface area contributed by atoms with Gasteiger partial charge in [0.2, 0.25) is 0 Å². The molecule has 1 fully saturated rings. The Morgan fingerprint density at radius 3 is 1.19 bits per heavy atom. The summed E-state index contributed by atoms with van der Waals surface area (Å²) < 4.78 is 0. The van der Waals surface area contributed by atoms with Crippen molar-refractivity contribution in [3.8, 4) is 11.5 Å². The molecule has 6 aromatic carbocycles. The van der Waals surface area contributed by atoms with Crippen molar-refractivity contribution in [3.63, 3.8) is 0 Å². The summed E-state index contributed by atoms with van der Waals surface area (Å²) in [5.74, 6) is -2.08. The van der Waals surface area contributed by atoms with Crippen molar-refractivity contribution < 1.29 is 20.4 Å². The standard InChI is InChI=1S/C40H42N4O4/c1-5-43(6-2)37-21-13-9-17-25(41)29(21)33(30-22(37)14-10-18-26(30)42)35-39(47)36(40(35)48)34-31-23(15-11-19-27(31)45)38(44(7-3)8-4)24-16-12-20-28(46)32(24)34/h9-20,35-36,39-40,45-46H,5-8,41-42H2,1-4H3/q-2. The number of fused-ring (bicyclic) bond motifs is 4. The fraction of sp³-hybridized carbons (Fsp3) is 0.300. The summed E-state index contributed by atoms with van der Waals surface area (Å²) in [7, 11) is 0. The smallest absolute Gasteiger partial charge is 0.123 e. The first kappa shape index (κ1) is 31.7. The van der Waals surface area contributed by atoms with Crippen molar-refractivity contribution in [1.82, 2.24) is 0 Å². The Morgan fingerprint density at radius 2 is 0.833 bits per heavy atom. The van der Waals surface area contributed by atoms with Gasteiger partial charge in [-0.15, -0.1) is 12.2 Å². The van der Waals surface area contributed by atoms with E-state index >= 15 is 0 Å². The highest BCUT2D eigenvalue weighted by atomic mass is 16.3. The molecule has 2 unspecified atom stereocenters. The number of anilines is 4. The van der Waals surface area contributed by atoms with Crippen molar-refractivity contribution in [3.05, 3.63) is 83.9 Å². The first-order chi connectivity index (χ1) is 23.2. The average Bonchev–Trinajstić information content (AvgIpc) is 3.07. The summed E-state index contributed by atoms with van der Waals surface area (Å²) >= 11 is 0. The van der Waals surface area contributed by atoms with Crippen LogP contribution in [0.15, 0.2) is 72.8 Å². The van der Waals surface area contributed by atoms with Crippen LogP contribution in [0.5, 0.6) is 11.5 Å². The summed E-state index contributed by atoms with van der Waals surface area (Å²) in [6.07, 6.45) is -2.80. The molecule has 0 radical (unpaired) electrons. The van der Waals surface area contributed by atoms with E-state index in [-0.39, 0.29) is 11.5 Å². The number of hydrogen-bond acceptors (Lipinski definition) is 8. The molecule has 0 aliphatic heterocycles.